The van der Waals surface area contributed by atoms with Gasteiger partial charge in [0.25, 0.3) is 5.91 Å². The van der Waals surface area contributed by atoms with Crippen molar-refractivity contribution in [2.45, 2.75) is 13.0 Å². The number of carbonyl (C=O) groups excluding carboxylic acids is 2. The van der Waals surface area contributed by atoms with Crippen molar-refractivity contribution in [2.24, 2.45) is 0 Å². The third kappa shape index (κ3) is 4.06. The first-order valence-corrected chi connectivity index (χ1v) is 12.4. The minimum absolute atomic E-state index is 0.181. The summed E-state index contributed by atoms with van der Waals surface area (Å²) in [5.74, 6) is -0.686. The van der Waals surface area contributed by atoms with Crippen molar-refractivity contribution >= 4 is 44.2 Å². The predicted octanol–water partition coefficient (Wildman–Crippen LogP) is 5.86. The van der Waals surface area contributed by atoms with Crippen LogP contribution in [0.5, 0.6) is 0 Å². The molecule has 35 heavy (non-hydrogen) atoms. The Kier molecular flexibility index (Phi) is 5.51. The first kappa shape index (κ1) is 21.5. The molecule has 5 nitrogen and oxygen atoms in total. The van der Waals surface area contributed by atoms with Gasteiger partial charge in [-0.2, -0.15) is 0 Å². The Hall–Kier alpha value is -4.03. The van der Waals surface area contributed by atoms with Crippen LogP contribution in [0.4, 0.5) is 0 Å². The highest BCUT2D eigenvalue weighted by atomic mass is 32.1. The maximum atomic E-state index is 13.2. The van der Waals surface area contributed by atoms with Gasteiger partial charge >= 0.3 is 5.97 Å². The van der Waals surface area contributed by atoms with Crippen LogP contribution in [0.1, 0.15) is 21.5 Å². The Morgan fingerprint density at radius 3 is 2.51 bits per heavy atom. The lowest BCUT2D eigenvalue weighted by Gasteiger charge is -2.28. The number of esters is 1. The second-order valence-corrected chi connectivity index (χ2v) is 9.64. The van der Waals surface area contributed by atoms with E-state index < -0.39 is 5.97 Å². The SMILES string of the molecule is O=C(OCC(=O)N1CCc2ccccc2C1)c1cccc2cccc(-c3nc4ccccc4s3)c12. The fourth-order valence-corrected chi connectivity index (χ4v) is 5.68. The van der Waals surface area contributed by atoms with Gasteiger partial charge in [-0.1, -0.05) is 66.7 Å². The Morgan fingerprint density at radius 1 is 0.886 bits per heavy atom. The maximum Gasteiger partial charge on any atom is 0.339 e. The average molecular weight is 479 g/mol. The summed E-state index contributed by atoms with van der Waals surface area (Å²) >= 11 is 1.59. The number of ether oxygens (including phenoxy) is 1. The molecule has 0 unspecified atom stereocenters. The van der Waals surface area contributed by atoms with E-state index in [0.29, 0.717) is 18.7 Å². The largest absolute Gasteiger partial charge is 0.452 e. The van der Waals surface area contributed by atoms with Crippen molar-refractivity contribution < 1.29 is 14.3 Å². The number of thiazole rings is 1. The summed E-state index contributed by atoms with van der Waals surface area (Å²) in [6.45, 7) is 0.896. The van der Waals surface area contributed by atoms with Crippen LogP contribution in [-0.4, -0.2) is 34.9 Å². The summed E-state index contributed by atoms with van der Waals surface area (Å²) in [6.07, 6.45) is 0.810. The van der Waals surface area contributed by atoms with Crippen LogP contribution in [0.25, 0.3) is 31.6 Å². The van der Waals surface area contributed by atoms with E-state index >= 15 is 0 Å². The van der Waals surface area contributed by atoms with Gasteiger partial charge < -0.3 is 9.64 Å². The molecular formula is C29H22N2O3S. The lowest BCUT2D eigenvalue weighted by atomic mass is 9.99. The van der Waals surface area contributed by atoms with E-state index in [1.165, 1.54) is 5.56 Å². The third-order valence-corrected chi connectivity index (χ3v) is 7.53. The van der Waals surface area contributed by atoms with E-state index in [2.05, 4.69) is 6.07 Å². The van der Waals surface area contributed by atoms with Gasteiger partial charge in [0, 0.05) is 24.0 Å². The number of benzene rings is 4. The lowest BCUT2D eigenvalue weighted by Crippen LogP contribution is -2.38. The summed E-state index contributed by atoms with van der Waals surface area (Å²) < 4.78 is 6.63. The molecule has 1 amide bonds. The topological polar surface area (TPSA) is 59.5 Å². The van der Waals surface area contributed by atoms with Crippen molar-refractivity contribution in [1.29, 1.82) is 0 Å². The van der Waals surface area contributed by atoms with E-state index in [1.807, 2.05) is 72.8 Å². The molecule has 0 bridgehead atoms. The Bertz CT molecular complexity index is 1550. The molecule has 4 aromatic carbocycles. The number of amides is 1. The van der Waals surface area contributed by atoms with Crippen LogP contribution in [-0.2, 0) is 22.5 Å². The predicted molar refractivity (Wildman–Crippen MR) is 138 cm³/mol. The van der Waals surface area contributed by atoms with Crippen LogP contribution in [0.2, 0.25) is 0 Å². The third-order valence-electron chi connectivity index (χ3n) is 6.46. The summed E-state index contributed by atoms with van der Waals surface area (Å²) in [4.78, 5) is 32.6. The molecule has 0 atom stereocenters. The summed E-state index contributed by atoms with van der Waals surface area (Å²) in [5, 5.41) is 2.56. The zero-order valence-corrected chi connectivity index (χ0v) is 19.8. The molecule has 0 N–H and O–H groups in total. The summed E-state index contributed by atoms with van der Waals surface area (Å²) in [7, 11) is 0. The average Bonchev–Trinajstić information content (AvgIpc) is 3.35. The molecule has 0 spiro atoms. The number of aromatic nitrogens is 1. The molecular weight excluding hydrogens is 456 g/mol. The highest BCUT2D eigenvalue weighted by molar-refractivity contribution is 7.21. The van der Waals surface area contributed by atoms with Gasteiger partial charge in [-0.15, -0.1) is 11.3 Å². The van der Waals surface area contributed by atoms with Gasteiger partial charge in [0.15, 0.2) is 6.61 Å². The number of fused-ring (bicyclic) bond motifs is 3. The highest BCUT2D eigenvalue weighted by Gasteiger charge is 2.23. The molecule has 0 saturated carbocycles. The molecule has 0 aliphatic carbocycles. The lowest BCUT2D eigenvalue weighted by molar-refractivity contribution is -0.135. The van der Waals surface area contributed by atoms with Crippen molar-refractivity contribution in [3.8, 4) is 10.6 Å². The van der Waals surface area contributed by atoms with Gasteiger partial charge in [0.05, 0.1) is 15.8 Å². The van der Waals surface area contributed by atoms with Gasteiger partial charge in [-0.25, -0.2) is 9.78 Å². The molecule has 1 aromatic heterocycles. The van der Waals surface area contributed by atoms with Crippen LogP contribution >= 0.6 is 11.3 Å². The number of rotatable bonds is 4. The second kappa shape index (κ2) is 8.96. The van der Waals surface area contributed by atoms with E-state index in [1.54, 1.807) is 22.3 Å². The van der Waals surface area contributed by atoms with Crippen molar-refractivity contribution in [1.82, 2.24) is 9.88 Å². The van der Waals surface area contributed by atoms with Gasteiger partial charge in [0.2, 0.25) is 0 Å². The standard InChI is InChI=1S/C29H22N2O3S/c32-26(31-16-15-19-7-1-2-8-21(19)17-31)18-34-29(33)23-12-6-10-20-9-5-11-22(27(20)23)28-30-24-13-3-4-14-25(24)35-28/h1-14H,15-18H2. The fourth-order valence-electron chi connectivity index (χ4n) is 4.68. The smallest absolute Gasteiger partial charge is 0.339 e. The molecule has 5 aromatic rings. The van der Waals surface area contributed by atoms with Crippen molar-refractivity contribution in [3.05, 3.63) is 102 Å². The fraction of sp³-hybridized carbons (Fsp3) is 0.138. The van der Waals surface area contributed by atoms with E-state index in [4.69, 9.17) is 9.72 Å². The van der Waals surface area contributed by atoms with Gasteiger partial charge in [-0.05, 0) is 41.1 Å². The number of para-hydroxylation sites is 1. The first-order chi connectivity index (χ1) is 17.2. The Balaban J connectivity index is 1.26. The number of hydrogen-bond donors (Lipinski definition) is 0. The van der Waals surface area contributed by atoms with Gasteiger partial charge in [0.1, 0.15) is 5.01 Å². The molecule has 1 aliphatic rings. The van der Waals surface area contributed by atoms with E-state index in [9.17, 15) is 9.59 Å². The first-order valence-electron chi connectivity index (χ1n) is 11.6. The second-order valence-electron chi connectivity index (χ2n) is 8.61. The monoisotopic (exact) mass is 478 g/mol. The number of nitrogens with zero attached hydrogens (tertiary/aromatic N) is 2. The minimum Gasteiger partial charge on any atom is -0.452 e. The maximum absolute atomic E-state index is 13.2. The summed E-state index contributed by atoms with van der Waals surface area (Å²) in [5.41, 5.74) is 4.67. The van der Waals surface area contributed by atoms with Crippen LogP contribution < -0.4 is 0 Å². The molecule has 1 aliphatic heterocycles. The zero-order chi connectivity index (χ0) is 23.8. The number of hydrogen-bond acceptors (Lipinski definition) is 5. The van der Waals surface area contributed by atoms with Gasteiger partial charge in [-0.3, -0.25) is 4.79 Å². The normalized spacial score (nSPS) is 13.1. The molecule has 6 heteroatoms. The Morgan fingerprint density at radius 2 is 1.66 bits per heavy atom. The molecule has 0 saturated heterocycles. The quantitative estimate of drug-likeness (QED) is 0.304. The Labute approximate surface area is 206 Å². The molecule has 2 heterocycles. The zero-order valence-electron chi connectivity index (χ0n) is 18.9. The molecule has 6 rings (SSSR count). The summed E-state index contributed by atoms with van der Waals surface area (Å²) in [6, 6.07) is 27.6. The van der Waals surface area contributed by atoms with E-state index in [0.717, 1.165) is 43.5 Å². The molecule has 172 valence electrons. The van der Waals surface area contributed by atoms with Crippen LogP contribution in [0.15, 0.2) is 84.9 Å². The number of carbonyl (C=O) groups is 2. The molecule has 0 radical (unpaired) electrons. The van der Waals surface area contributed by atoms with Crippen LogP contribution in [0.3, 0.4) is 0 Å². The van der Waals surface area contributed by atoms with Crippen molar-refractivity contribution in [3.63, 3.8) is 0 Å². The molecule has 0 fully saturated rings. The highest BCUT2D eigenvalue weighted by Crippen LogP contribution is 2.36. The van der Waals surface area contributed by atoms with E-state index in [-0.39, 0.29) is 12.5 Å². The van der Waals surface area contributed by atoms with Crippen molar-refractivity contribution in [2.75, 3.05) is 13.2 Å². The van der Waals surface area contributed by atoms with Crippen LogP contribution in [0, 0.1) is 0 Å². The minimum atomic E-state index is -0.505.